The van der Waals surface area contributed by atoms with Gasteiger partial charge in [-0.3, -0.25) is 0 Å². The highest BCUT2D eigenvalue weighted by atomic mass is 16.5. The monoisotopic (exact) mass is 194 g/mol. The van der Waals surface area contributed by atoms with Crippen molar-refractivity contribution in [2.75, 3.05) is 20.3 Å². The van der Waals surface area contributed by atoms with Crippen molar-refractivity contribution in [2.45, 2.75) is 20.3 Å². The van der Waals surface area contributed by atoms with E-state index in [2.05, 4.69) is 19.9 Å². The normalized spacial score (nSPS) is 10.2. The first-order valence-corrected chi connectivity index (χ1v) is 4.93. The van der Waals surface area contributed by atoms with Gasteiger partial charge in [-0.2, -0.15) is 0 Å². The SMILES string of the molecule is COCCCOc1cccc(C)c1C. The Labute approximate surface area is 85.8 Å². The molecule has 0 aliphatic heterocycles. The zero-order valence-electron chi connectivity index (χ0n) is 9.17. The molecule has 78 valence electrons. The Bertz CT molecular complexity index is 282. The van der Waals surface area contributed by atoms with Gasteiger partial charge in [0.25, 0.3) is 0 Å². The number of benzene rings is 1. The van der Waals surface area contributed by atoms with Crippen LogP contribution in [0.4, 0.5) is 0 Å². The quantitative estimate of drug-likeness (QED) is 0.671. The lowest BCUT2D eigenvalue weighted by molar-refractivity contribution is 0.172. The summed E-state index contributed by atoms with van der Waals surface area (Å²) < 4.78 is 10.6. The molecule has 0 amide bonds. The van der Waals surface area contributed by atoms with Gasteiger partial charge in [-0.05, 0) is 31.0 Å². The Morgan fingerprint density at radius 3 is 2.64 bits per heavy atom. The number of rotatable bonds is 5. The van der Waals surface area contributed by atoms with Crippen LogP contribution in [0.5, 0.6) is 5.75 Å². The standard InChI is InChI=1S/C12H18O2/c1-10-6-4-7-12(11(10)2)14-9-5-8-13-3/h4,6-7H,5,8-9H2,1-3H3. The Morgan fingerprint density at radius 1 is 1.14 bits per heavy atom. The van der Waals surface area contributed by atoms with E-state index in [1.54, 1.807) is 7.11 Å². The smallest absolute Gasteiger partial charge is 0.122 e. The molecule has 0 heterocycles. The van der Waals surface area contributed by atoms with Crippen molar-refractivity contribution in [1.82, 2.24) is 0 Å². The fourth-order valence-corrected chi connectivity index (χ4v) is 1.27. The van der Waals surface area contributed by atoms with Crippen LogP contribution in [-0.2, 0) is 4.74 Å². The van der Waals surface area contributed by atoms with Crippen LogP contribution in [0.2, 0.25) is 0 Å². The molecule has 2 heteroatoms. The molecule has 0 atom stereocenters. The summed E-state index contributed by atoms with van der Waals surface area (Å²) in [5.74, 6) is 0.987. The van der Waals surface area contributed by atoms with Crippen molar-refractivity contribution in [3.63, 3.8) is 0 Å². The maximum absolute atomic E-state index is 5.64. The third-order valence-corrected chi connectivity index (χ3v) is 2.31. The third-order valence-electron chi connectivity index (χ3n) is 2.31. The second-order valence-electron chi connectivity index (χ2n) is 3.39. The second kappa shape index (κ2) is 5.66. The maximum atomic E-state index is 5.64. The van der Waals surface area contributed by atoms with Gasteiger partial charge in [0.15, 0.2) is 0 Å². The lowest BCUT2D eigenvalue weighted by atomic mass is 10.1. The zero-order chi connectivity index (χ0) is 10.4. The second-order valence-corrected chi connectivity index (χ2v) is 3.39. The van der Waals surface area contributed by atoms with E-state index in [0.717, 1.165) is 25.4 Å². The molecule has 0 unspecified atom stereocenters. The summed E-state index contributed by atoms with van der Waals surface area (Å²) >= 11 is 0. The van der Waals surface area contributed by atoms with Crippen LogP contribution in [0.25, 0.3) is 0 Å². The first kappa shape index (κ1) is 11.1. The molecule has 1 aromatic rings. The highest BCUT2D eigenvalue weighted by Crippen LogP contribution is 2.20. The van der Waals surface area contributed by atoms with Crippen molar-refractivity contribution in [3.8, 4) is 5.75 Å². The number of hydrogen-bond donors (Lipinski definition) is 0. The van der Waals surface area contributed by atoms with E-state index in [-0.39, 0.29) is 0 Å². The predicted octanol–water partition coefficient (Wildman–Crippen LogP) is 2.72. The van der Waals surface area contributed by atoms with Gasteiger partial charge >= 0.3 is 0 Å². The van der Waals surface area contributed by atoms with Crippen LogP contribution < -0.4 is 4.74 Å². The molecule has 0 fully saturated rings. The van der Waals surface area contributed by atoms with Crippen LogP contribution in [0.15, 0.2) is 18.2 Å². The third kappa shape index (κ3) is 3.04. The van der Waals surface area contributed by atoms with Gasteiger partial charge in [0.05, 0.1) is 6.61 Å². The Balaban J connectivity index is 2.46. The highest BCUT2D eigenvalue weighted by molar-refractivity contribution is 5.38. The average molecular weight is 194 g/mol. The van der Waals surface area contributed by atoms with E-state index in [9.17, 15) is 0 Å². The van der Waals surface area contributed by atoms with Crippen molar-refractivity contribution in [1.29, 1.82) is 0 Å². The summed E-state index contributed by atoms with van der Waals surface area (Å²) in [6.07, 6.45) is 0.934. The molecule has 1 rings (SSSR count). The number of hydrogen-bond acceptors (Lipinski definition) is 2. The van der Waals surface area contributed by atoms with Crippen LogP contribution in [0, 0.1) is 13.8 Å². The first-order valence-electron chi connectivity index (χ1n) is 4.93. The summed E-state index contributed by atoms with van der Waals surface area (Å²) in [6.45, 7) is 5.65. The van der Waals surface area contributed by atoms with E-state index < -0.39 is 0 Å². The molecule has 0 saturated carbocycles. The molecule has 2 nitrogen and oxygen atoms in total. The Hall–Kier alpha value is -1.02. The van der Waals surface area contributed by atoms with E-state index in [4.69, 9.17) is 9.47 Å². The van der Waals surface area contributed by atoms with Crippen LogP contribution in [0.3, 0.4) is 0 Å². The first-order chi connectivity index (χ1) is 6.75. The fraction of sp³-hybridized carbons (Fsp3) is 0.500. The van der Waals surface area contributed by atoms with Gasteiger partial charge < -0.3 is 9.47 Å². The topological polar surface area (TPSA) is 18.5 Å². The summed E-state index contributed by atoms with van der Waals surface area (Å²) in [5.41, 5.74) is 2.50. The van der Waals surface area contributed by atoms with Gasteiger partial charge in [0.2, 0.25) is 0 Å². The highest BCUT2D eigenvalue weighted by Gasteiger charge is 2.00. The molecular weight excluding hydrogens is 176 g/mol. The Kier molecular flexibility index (Phi) is 4.47. The van der Waals surface area contributed by atoms with Crippen LogP contribution in [0.1, 0.15) is 17.5 Å². The van der Waals surface area contributed by atoms with E-state index >= 15 is 0 Å². The van der Waals surface area contributed by atoms with Crippen molar-refractivity contribution < 1.29 is 9.47 Å². The van der Waals surface area contributed by atoms with Crippen molar-refractivity contribution >= 4 is 0 Å². The molecule has 0 N–H and O–H groups in total. The largest absolute Gasteiger partial charge is 0.493 e. The molecule has 0 radical (unpaired) electrons. The van der Waals surface area contributed by atoms with Gasteiger partial charge in [-0.25, -0.2) is 0 Å². The minimum atomic E-state index is 0.720. The molecule has 0 aromatic heterocycles. The molecule has 0 saturated heterocycles. The lowest BCUT2D eigenvalue weighted by Crippen LogP contribution is -2.02. The maximum Gasteiger partial charge on any atom is 0.122 e. The number of aryl methyl sites for hydroxylation is 1. The van der Waals surface area contributed by atoms with E-state index in [1.807, 2.05) is 12.1 Å². The molecule has 0 aliphatic rings. The summed E-state index contributed by atoms with van der Waals surface area (Å²) in [6, 6.07) is 6.13. The van der Waals surface area contributed by atoms with Crippen molar-refractivity contribution in [3.05, 3.63) is 29.3 Å². The number of methoxy groups -OCH3 is 1. The van der Waals surface area contributed by atoms with Crippen molar-refractivity contribution in [2.24, 2.45) is 0 Å². The molecular formula is C12H18O2. The van der Waals surface area contributed by atoms with Crippen LogP contribution >= 0.6 is 0 Å². The zero-order valence-corrected chi connectivity index (χ0v) is 9.17. The van der Waals surface area contributed by atoms with Gasteiger partial charge in [-0.15, -0.1) is 0 Å². The van der Waals surface area contributed by atoms with Gasteiger partial charge in [-0.1, -0.05) is 12.1 Å². The van der Waals surface area contributed by atoms with Gasteiger partial charge in [0.1, 0.15) is 5.75 Å². The van der Waals surface area contributed by atoms with E-state index in [0.29, 0.717) is 0 Å². The number of ether oxygens (including phenoxy) is 2. The van der Waals surface area contributed by atoms with E-state index in [1.165, 1.54) is 11.1 Å². The predicted molar refractivity (Wildman–Crippen MR) is 57.9 cm³/mol. The molecule has 0 spiro atoms. The van der Waals surface area contributed by atoms with Gasteiger partial charge in [0, 0.05) is 20.1 Å². The molecule has 1 aromatic carbocycles. The summed E-state index contributed by atoms with van der Waals surface area (Å²) in [5, 5.41) is 0. The molecule has 14 heavy (non-hydrogen) atoms. The molecule has 0 aliphatic carbocycles. The summed E-state index contributed by atoms with van der Waals surface area (Å²) in [4.78, 5) is 0. The minimum Gasteiger partial charge on any atom is -0.493 e. The minimum absolute atomic E-state index is 0.720. The fourth-order valence-electron chi connectivity index (χ4n) is 1.27. The van der Waals surface area contributed by atoms with Crippen LogP contribution in [-0.4, -0.2) is 20.3 Å². The average Bonchev–Trinajstić information content (AvgIpc) is 2.19. The Morgan fingerprint density at radius 2 is 1.93 bits per heavy atom. The lowest BCUT2D eigenvalue weighted by Gasteiger charge is -2.10. The molecule has 0 bridgehead atoms. The summed E-state index contributed by atoms with van der Waals surface area (Å²) in [7, 11) is 1.71.